The number of hydrogen-bond donors (Lipinski definition) is 0. The van der Waals surface area contributed by atoms with Gasteiger partial charge in [-0.3, -0.25) is 4.90 Å². The van der Waals surface area contributed by atoms with Crippen molar-refractivity contribution in [2.45, 2.75) is 75.4 Å². The SMILES string of the molecule is CCOC(=O)N1C2CCC1CC(N1CCC3(CCN(C(=O)N(C)C)c4ccccc43)CC1)C2. The van der Waals surface area contributed by atoms with E-state index in [-0.39, 0.29) is 17.5 Å². The summed E-state index contributed by atoms with van der Waals surface area (Å²) in [7, 11) is 3.66. The van der Waals surface area contributed by atoms with Crippen molar-refractivity contribution in [1.29, 1.82) is 0 Å². The first-order chi connectivity index (χ1) is 15.9. The topological polar surface area (TPSA) is 56.3 Å². The summed E-state index contributed by atoms with van der Waals surface area (Å²) < 4.78 is 5.33. The number of ether oxygens (including phenoxy) is 1. The summed E-state index contributed by atoms with van der Waals surface area (Å²) in [6.45, 7) is 5.32. The first-order valence-electron chi connectivity index (χ1n) is 12.7. The lowest BCUT2D eigenvalue weighted by molar-refractivity contribution is 0.0260. The van der Waals surface area contributed by atoms with E-state index in [9.17, 15) is 9.59 Å². The first kappa shape index (κ1) is 22.5. The van der Waals surface area contributed by atoms with Gasteiger partial charge in [-0.2, -0.15) is 0 Å². The van der Waals surface area contributed by atoms with E-state index in [1.54, 1.807) is 4.90 Å². The molecule has 1 aromatic rings. The number of urea groups is 1. The minimum atomic E-state index is -0.114. The first-order valence-corrected chi connectivity index (χ1v) is 12.7. The molecule has 180 valence electrons. The van der Waals surface area contributed by atoms with Crippen LogP contribution in [0.4, 0.5) is 15.3 Å². The second-order valence-corrected chi connectivity index (χ2v) is 10.5. The van der Waals surface area contributed by atoms with Crippen molar-refractivity contribution in [3.05, 3.63) is 29.8 Å². The molecular weight excluding hydrogens is 416 g/mol. The smallest absolute Gasteiger partial charge is 0.410 e. The van der Waals surface area contributed by atoms with E-state index < -0.39 is 0 Å². The van der Waals surface area contributed by atoms with Crippen LogP contribution in [-0.2, 0) is 10.2 Å². The summed E-state index contributed by atoms with van der Waals surface area (Å²) in [6, 6.07) is 9.85. The molecule has 3 fully saturated rings. The van der Waals surface area contributed by atoms with Gasteiger partial charge in [0.15, 0.2) is 0 Å². The van der Waals surface area contributed by atoms with Gasteiger partial charge in [0.2, 0.25) is 0 Å². The lowest BCUT2D eigenvalue weighted by Crippen LogP contribution is -2.56. The number of anilines is 1. The Morgan fingerprint density at radius 1 is 1.00 bits per heavy atom. The number of fused-ring (bicyclic) bond motifs is 4. The van der Waals surface area contributed by atoms with E-state index in [2.05, 4.69) is 29.2 Å². The number of para-hydroxylation sites is 1. The van der Waals surface area contributed by atoms with Crippen LogP contribution in [0.15, 0.2) is 24.3 Å². The van der Waals surface area contributed by atoms with Crippen LogP contribution in [0, 0.1) is 0 Å². The highest BCUT2D eigenvalue weighted by molar-refractivity contribution is 5.93. The van der Waals surface area contributed by atoms with Gasteiger partial charge in [0, 0.05) is 49.9 Å². The van der Waals surface area contributed by atoms with Crippen molar-refractivity contribution < 1.29 is 14.3 Å². The Morgan fingerprint density at radius 2 is 1.64 bits per heavy atom. The zero-order valence-corrected chi connectivity index (χ0v) is 20.3. The van der Waals surface area contributed by atoms with Crippen LogP contribution in [0.3, 0.4) is 0 Å². The van der Waals surface area contributed by atoms with Gasteiger partial charge < -0.3 is 19.4 Å². The molecule has 3 amide bonds. The largest absolute Gasteiger partial charge is 0.450 e. The fraction of sp³-hybridized carbons (Fsp3) is 0.692. The van der Waals surface area contributed by atoms with Crippen LogP contribution < -0.4 is 4.90 Å². The van der Waals surface area contributed by atoms with Gasteiger partial charge in [0.25, 0.3) is 0 Å². The third kappa shape index (κ3) is 3.88. The number of likely N-dealkylation sites (tertiary alicyclic amines) is 1. The van der Waals surface area contributed by atoms with E-state index in [1.807, 2.05) is 30.8 Å². The Hall–Kier alpha value is -2.28. The van der Waals surface area contributed by atoms with Gasteiger partial charge >= 0.3 is 12.1 Å². The van der Waals surface area contributed by atoms with Gasteiger partial charge in [-0.05, 0) is 76.6 Å². The number of rotatable bonds is 2. The second-order valence-electron chi connectivity index (χ2n) is 10.5. The second kappa shape index (κ2) is 8.82. The highest BCUT2D eigenvalue weighted by atomic mass is 16.6. The molecule has 1 aromatic carbocycles. The maximum absolute atomic E-state index is 12.8. The lowest BCUT2D eigenvalue weighted by Gasteiger charge is -2.51. The Balaban J connectivity index is 1.27. The average Bonchev–Trinajstić information content (AvgIpc) is 3.09. The standard InChI is InChI=1S/C26H38N4O3/c1-4-33-25(32)30-19-9-10-20(30)18-21(17-19)28-14-11-26(12-15-28)13-16-29(24(31)27(2)3)23-8-6-5-7-22(23)26/h5-8,19-21H,4,9-18H2,1-3H3. The molecule has 2 unspecified atom stereocenters. The fourth-order valence-electron chi connectivity index (χ4n) is 6.96. The molecule has 0 aromatic heterocycles. The number of piperidine rings is 2. The molecule has 33 heavy (non-hydrogen) atoms. The number of hydrogen-bond acceptors (Lipinski definition) is 4. The molecule has 4 aliphatic rings. The Bertz CT molecular complexity index is 881. The summed E-state index contributed by atoms with van der Waals surface area (Å²) in [5.41, 5.74) is 2.61. The molecule has 0 radical (unpaired) electrons. The Morgan fingerprint density at radius 3 is 2.27 bits per heavy atom. The van der Waals surface area contributed by atoms with Crippen LogP contribution >= 0.6 is 0 Å². The van der Waals surface area contributed by atoms with Crippen molar-refractivity contribution in [1.82, 2.24) is 14.7 Å². The molecule has 7 nitrogen and oxygen atoms in total. The van der Waals surface area contributed by atoms with Crippen LogP contribution in [0.5, 0.6) is 0 Å². The number of amides is 3. The predicted molar refractivity (Wildman–Crippen MR) is 129 cm³/mol. The molecule has 0 N–H and O–H groups in total. The quantitative estimate of drug-likeness (QED) is 0.676. The van der Waals surface area contributed by atoms with Crippen molar-refractivity contribution in [2.75, 3.05) is 45.2 Å². The summed E-state index contributed by atoms with van der Waals surface area (Å²) in [5, 5.41) is 0. The summed E-state index contributed by atoms with van der Waals surface area (Å²) in [6.07, 6.45) is 7.57. The number of carbonyl (C=O) groups excluding carboxylic acids is 2. The molecule has 2 bridgehead atoms. The minimum Gasteiger partial charge on any atom is -0.450 e. The highest BCUT2D eigenvalue weighted by Crippen LogP contribution is 2.48. The fourth-order valence-corrected chi connectivity index (χ4v) is 6.96. The van der Waals surface area contributed by atoms with Gasteiger partial charge in [-0.1, -0.05) is 18.2 Å². The van der Waals surface area contributed by atoms with Crippen molar-refractivity contribution in [3.63, 3.8) is 0 Å². The monoisotopic (exact) mass is 454 g/mol. The summed E-state index contributed by atoms with van der Waals surface area (Å²) >= 11 is 0. The average molecular weight is 455 g/mol. The van der Waals surface area contributed by atoms with Gasteiger partial charge in [0.05, 0.1) is 6.61 Å². The van der Waals surface area contributed by atoms with E-state index in [0.717, 1.165) is 70.3 Å². The van der Waals surface area contributed by atoms with E-state index in [4.69, 9.17) is 4.74 Å². The molecule has 0 saturated carbocycles. The molecule has 3 saturated heterocycles. The zero-order valence-electron chi connectivity index (χ0n) is 20.3. The molecule has 7 heteroatoms. The molecular formula is C26H38N4O3. The van der Waals surface area contributed by atoms with Crippen molar-refractivity contribution in [2.24, 2.45) is 0 Å². The van der Waals surface area contributed by atoms with Crippen LogP contribution in [0.2, 0.25) is 0 Å². The maximum atomic E-state index is 12.8. The minimum absolute atomic E-state index is 0.0681. The maximum Gasteiger partial charge on any atom is 0.410 e. The van der Waals surface area contributed by atoms with Crippen molar-refractivity contribution in [3.8, 4) is 0 Å². The molecule has 2 atom stereocenters. The molecule has 5 rings (SSSR count). The van der Waals surface area contributed by atoms with Crippen molar-refractivity contribution >= 4 is 17.8 Å². The van der Waals surface area contributed by atoms with Crippen LogP contribution in [0.25, 0.3) is 0 Å². The highest BCUT2D eigenvalue weighted by Gasteiger charge is 2.48. The third-order valence-electron chi connectivity index (χ3n) is 8.65. The molecule has 4 heterocycles. The van der Waals surface area contributed by atoms with E-state index in [1.165, 1.54) is 5.56 Å². The van der Waals surface area contributed by atoms with Gasteiger partial charge in [-0.25, -0.2) is 9.59 Å². The number of carbonyl (C=O) groups is 2. The van der Waals surface area contributed by atoms with E-state index >= 15 is 0 Å². The molecule has 0 aliphatic carbocycles. The summed E-state index contributed by atoms with van der Waals surface area (Å²) in [5.74, 6) is 0. The Labute approximate surface area is 197 Å². The lowest BCUT2D eigenvalue weighted by atomic mass is 9.67. The van der Waals surface area contributed by atoms with E-state index in [0.29, 0.717) is 24.7 Å². The zero-order chi connectivity index (χ0) is 23.2. The third-order valence-corrected chi connectivity index (χ3v) is 8.65. The normalized spacial score (nSPS) is 28.5. The predicted octanol–water partition coefficient (Wildman–Crippen LogP) is 4.06. The van der Waals surface area contributed by atoms with Crippen LogP contribution in [0.1, 0.15) is 57.4 Å². The molecule has 4 aliphatic heterocycles. The number of nitrogens with zero attached hydrogens (tertiary/aromatic N) is 4. The Kier molecular flexibility index (Phi) is 6.02. The van der Waals surface area contributed by atoms with Gasteiger partial charge in [-0.15, -0.1) is 0 Å². The summed E-state index contributed by atoms with van der Waals surface area (Å²) in [4.78, 5) is 33.6. The van der Waals surface area contributed by atoms with Gasteiger partial charge in [0.1, 0.15) is 0 Å². The van der Waals surface area contributed by atoms with Crippen LogP contribution in [-0.4, -0.2) is 85.3 Å². The number of benzene rings is 1. The molecule has 1 spiro atoms.